The monoisotopic (exact) mass is 424 g/mol. The standard InChI is InChI=1S/C26H30F2N2O/c1-17-10-19(8-9-23(17)28)14-29-15-20-13-21(16-29)25(12-18-4-2-5-22(27)11-18)30-24(20)6-3-7-26(30)31/h2,4-5,8-11,20-21,24-25H,3,6-7,12-16H2,1H3/t20-,21+,24+,25+/m1/s1. The summed E-state index contributed by atoms with van der Waals surface area (Å²) in [5.41, 5.74) is 2.78. The average molecular weight is 425 g/mol. The number of hydrogen-bond donors (Lipinski definition) is 0. The van der Waals surface area contributed by atoms with E-state index in [1.54, 1.807) is 18.2 Å². The molecular formula is C26H30F2N2O. The molecule has 0 spiro atoms. The van der Waals surface area contributed by atoms with E-state index in [4.69, 9.17) is 0 Å². The second-order valence-corrected chi connectivity index (χ2v) is 9.70. The number of rotatable bonds is 4. The third kappa shape index (κ3) is 4.12. The minimum absolute atomic E-state index is 0.119. The zero-order valence-corrected chi connectivity index (χ0v) is 18.1. The van der Waals surface area contributed by atoms with Gasteiger partial charge >= 0.3 is 0 Å². The normalized spacial score (nSPS) is 28.5. The molecule has 0 saturated carbocycles. The van der Waals surface area contributed by atoms with Gasteiger partial charge in [0.2, 0.25) is 5.91 Å². The molecule has 0 aromatic heterocycles. The quantitative estimate of drug-likeness (QED) is 0.709. The van der Waals surface area contributed by atoms with E-state index < -0.39 is 0 Å². The Morgan fingerprint density at radius 3 is 2.68 bits per heavy atom. The highest BCUT2D eigenvalue weighted by molar-refractivity contribution is 5.78. The van der Waals surface area contributed by atoms with Gasteiger partial charge in [0.25, 0.3) is 0 Å². The molecule has 3 aliphatic rings. The van der Waals surface area contributed by atoms with Crippen LogP contribution in [0.2, 0.25) is 0 Å². The van der Waals surface area contributed by atoms with Crippen molar-refractivity contribution in [2.24, 2.45) is 11.8 Å². The highest BCUT2D eigenvalue weighted by Gasteiger charge is 2.49. The summed E-state index contributed by atoms with van der Waals surface area (Å²) in [5, 5.41) is 0. The predicted molar refractivity (Wildman–Crippen MR) is 116 cm³/mol. The van der Waals surface area contributed by atoms with Gasteiger partial charge in [0.15, 0.2) is 0 Å². The van der Waals surface area contributed by atoms with Gasteiger partial charge in [0.1, 0.15) is 11.6 Å². The van der Waals surface area contributed by atoms with Gasteiger partial charge in [-0.05, 0) is 79.3 Å². The maximum Gasteiger partial charge on any atom is 0.223 e. The number of aryl methyl sites for hydroxylation is 1. The van der Waals surface area contributed by atoms with Crippen LogP contribution in [0.3, 0.4) is 0 Å². The summed E-state index contributed by atoms with van der Waals surface area (Å²) >= 11 is 0. The van der Waals surface area contributed by atoms with Gasteiger partial charge < -0.3 is 4.90 Å². The van der Waals surface area contributed by atoms with E-state index in [9.17, 15) is 13.6 Å². The van der Waals surface area contributed by atoms with Crippen LogP contribution in [0.1, 0.15) is 42.4 Å². The lowest BCUT2D eigenvalue weighted by Crippen LogP contribution is -2.65. The van der Waals surface area contributed by atoms with E-state index >= 15 is 0 Å². The van der Waals surface area contributed by atoms with E-state index in [0.717, 1.165) is 50.0 Å². The number of nitrogens with zero attached hydrogens (tertiary/aromatic N) is 2. The lowest BCUT2D eigenvalue weighted by molar-refractivity contribution is -0.152. The fourth-order valence-electron chi connectivity index (χ4n) is 6.23. The smallest absolute Gasteiger partial charge is 0.223 e. The Morgan fingerprint density at radius 2 is 1.87 bits per heavy atom. The van der Waals surface area contributed by atoms with Crippen molar-refractivity contribution in [2.45, 2.75) is 57.7 Å². The Balaban J connectivity index is 1.40. The third-order valence-corrected chi connectivity index (χ3v) is 7.53. The molecule has 31 heavy (non-hydrogen) atoms. The molecule has 1 amide bonds. The lowest BCUT2D eigenvalue weighted by atomic mass is 9.70. The summed E-state index contributed by atoms with van der Waals surface area (Å²) < 4.78 is 27.5. The maximum absolute atomic E-state index is 13.8. The molecule has 3 heterocycles. The third-order valence-electron chi connectivity index (χ3n) is 7.53. The maximum atomic E-state index is 13.8. The summed E-state index contributed by atoms with van der Waals surface area (Å²) in [5.74, 6) is 0.751. The molecule has 2 bridgehead atoms. The van der Waals surface area contributed by atoms with Crippen LogP contribution < -0.4 is 0 Å². The van der Waals surface area contributed by atoms with E-state index in [1.807, 2.05) is 25.1 Å². The fourth-order valence-corrected chi connectivity index (χ4v) is 6.23. The van der Waals surface area contributed by atoms with E-state index in [0.29, 0.717) is 30.2 Å². The van der Waals surface area contributed by atoms with Gasteiger partial charge in [-0.25, -0.2) is 8.78 Å². The Labute approximate surface area is 183 Å². The zero-order valence-electron chi connectivity index (χ0n) is 18.1. The van der Waals surface area contributed by atoms with Crippen molar-refractivity contribution in [3.8, 4) is 0 Å². The van der Waals surface area contributed by atoms with E-state index in [1.165, 1.54) is 6.07 Å². The van der Waals surface area contributed by atoms with Crippen molar-refractivity contribution in [3.63, 3.8) is 0 Å². The van der Waals surface area contributed by atoms with Gasteiger partial charge in [-0.2, -0.15) is 0 Å². The Bertz CT molecular complexity index is 978. The summed E-state index contributed by atoms with van der Waals surface area (Å²) in [7, 11) is 0. The zero-order chi connectivity index (χ0) is 21.5. The van der Waals surface area contributed by atoms with Crippen LogP contribution in [0, 0.1) is 30.4 Å². The van der Waals surface area contributed by atoms with Crippen LogP contribution in [-0.2, 0) is 17.8 Å². The second kappa shape index (κ2) is 8.34. The van der Waals surface area contributed by atoms with Crippen molar-refractivity contribution in [2.75, 3.05) is 13.1 Å². The molecular weight excluding hydrogens is 394 g/mol. The number of fused-ring (bicyclic) bond motifs is 4. The minimum atomic E-state index is -0.218. The molecule has 0 aliphatic carbocycles. The molecule has 3 nitrogen and oxygen atoms in total. The molecule has 3 aliphatic heterocycles. The van der Waals surface area contributed by atoms with Crippen molar-refractivity contribution in [3.05, 3.63) is 70.8 Å². The summed E-state index contributed by atoms with van der Waals surface area (Å²) in [4.78, 5) is 17.6. The first kappa shape index (κ1) is 20.6. The Kier molecular flexibility index (Phi) is 5.55. The van der Waals surface area contributed by atoms with Gasteiger partial charge in [-0.1, -0.05) is 24.3 Å². The van der Waals surface area contributed by atoms with Crippen LogP contribution in [0.4, 0.5) is 8.78 Å². The SMILES string of the molecule is Cc1cc(CN2C[C@H]3C[C@@H](C2)[C@H](Cc2cccc(F)c2)N2C(=O)CCC[C@@H]32)ccc1F. The first-order valence-electron chi connectivity index (χ1n) is 11.5. The molecule has 2 aromatic carbocycles. The van der Waals surface area contributed by atoms with Crippen LogP contribution in [0.5, 0.6) is 0 Å². The number of amides is 1. The van der Waals surface area contributed by atoms with Gasteiger partial charge in [0.05, 0.1) is 0 Å². The fraction of sp³-hybridized carbons (Fsp3) is 0.500. The average Bonchev–Trinajstić information content (AvgIpc) is 2.74. The van der Waals surface area contributed by atoms with Crippen LogP contribution in [-0.4, -0.2) is 40.9 Å². The largest absolute Gasteiger partial charge is 0.336 e. The number of halogens is 2. The number of carbonyl (C=O) groups is 1. The topological polar surface area (TPSA) is 23.6 Å². The molecule has 3 fully saturated rings. The van der Waals surface area contributed by atoms with Crippen molar-refractivity contribution < 1.29 is 13.6 Å². The Morgan fingerprint density at radius 1 is 1.03 bits per heavy atom. The van der Waals surface area contributed by atoms with Crippen LogP contribution in [0.25, 0.3) is 0 Å². The van der Waals surface area contributed by atoms with Crippen molar-refractivity contribution in [1.82, 2.24) is 9.80 Å². The Hall–Kier alpha value is -2.27. The lowest BCUT2D eigenvalue weighted by Gasteiger charge is -2.57. The number of hydrogen-bond acceptors (Lipinski definition) is 2. The molecule has 164 valence electrons. The molecule has 0 unspecified atom stereocenters. The van der Waals surface area contributed by atoms with Gasteiger partial charge in [-0.3, -0.25) is 9.69 Å². The van der Waals surface area contributed by atoms with E-state index in [2.05, 4.69) is 9.80 Å². The molecule has 5 rings (SSSR count). The summed E-state index contributed by atoms with van der Waals surface area (Å²) in [6.45, 7) is 4.52. The molecule has 0 N–H and O–H groups in total. The van der Waals surface area contributed by atoms with Crippen LogP contribution in [0.15, 0.2) is 42.5 Å². The van der Waals surface area contributed by atoms with E-state index in [-0.39, 0.29) is 29.6 Å². The second-order valence-electron chi connectivity index (χ2n) is 9.70. The summed E-state index contributed by atoms with van der Waals surface area (Å²) in [6.07, 6.45) is 4.50. The van der Waals surface area contributed by atoms with Crippen molar-refractivity contribution >= 4 is 5.91 Å². The first-order valence-corrected chi connectivity index (χ1v) is 11.5. The number of likely N-dealkylation sites (tertiary alicyclic amines) is 1. The molecule has 5 heteroatoms. The number of piperidine rings is 3. The van der Waals surface area contributed by atoms with Gasteiger partial charge in [0, 0.05) is 38.1 Å². The molecule has 4 atom stereocenters. The van der Waals surface area contributed by atoms with Crippen molar-refractivity contribution in [1.29, 1.82) is 0 Å². The highest BCUT2D eigenvalue weighted by Crippen LogP contribution is 2.43. The molecule has 3 saturated heterocycles. The highest BCUT2D eigenvalue weighted by atomic mass is 19.1. The van der Waals surface area contributed by atoms with Gasteiger partial charge in [-0.15, -0.1) is 0 Å². The minimum Gasteiger partial charge on any atom is -0.336 e. The summed E-state index contributed by atoms with van der Waals surface area (Å²) in [6, 6.07) is 12.6. The predicted octanol–water partition coefficient (Wildman–Crippen LogP) is 4.72. The number of benzene rings is 2. The molecule has 0 radical (unpaired) electrons. The number of carbonyl (C=O) groups excluding carboxylic acids is 1. The van der Waals surface area contributed by atoms with Crippen LogP contribution >= 0.6 is 0 Å². The molecule has 2 aromatic rings. The first-order chi connectivity index (χ1) is 15.0.